The molecule has 1 N–H and O–H groups in total. The van der Waals surface area contributed by atoms with Crippen LogP contribution in [0, 0.1) is 11.8 Å². The molecular weight excluding hydrogens is 250 g/mol. The molecule has 0 saturated carbocycles. The summed E-state index contributed by atoms with van der Waals surface area (Å²) in [6.07, 6.45) is 5.60. The number of hydrogen-bond donors (Lipinski definition) is 1. The zero-order valence-corrected chi connectivity index (χ0v) is 12.7. The van der Waals surface area contributed by atoms with Gasteiger partial charge in [0.25, 0.3) is 0 Å². The van der Waals surface area contributed by atoms with Crippen molar-refractivity contribution in [1.82, 2.24) is 4.98 Å². The predicted molar refractivity (Wildman–Crippen MR) is 78.9 cm³/mol. The molecule has 3 aliphatic carbocycles. The van der Waals surface area contributed by atoms with E-state index in [2.05, 4.69) is 31.8 Å². The summed E-state index contributed by atoms with van der Waals surface area (Å²) in [4.78, 5) is 15.3. The monoisotopic (exact) mass is 273 g/mol. The summed E-state index contributed by atoms with van der Waals surface area (Å²) in [6.45, 7) is 9.05. The molecule has 0 radical (unpaired) electrons. The van der Waals surface area contributed by atoms with E-state index < -0.39 is 0 Å². The Labute approximate surface area is 120 Å². The molecule has 2 bridgehead atoms. The highest BCUT2D eigenvalue weighted by atomic mass is 16.5. The number of fused-ring (bicyclic) bond motifs is 1. The molecule has 0 fully saturated rings. The van der Waals surface area contributed by atoms with Crippen LogP contribution in [0.15, 0.2) is 17.8 Å². The summed E-state index contributed by atoms with van der Waals surface area (Å²) in [6, 6.07) is 0. The Kier molecular flexibility index (Phi) is 3.23. The maximum atomic E-state index is 12.1. The number of H-pyrrole nitrogens is 1. The van der Waals surface area contributed by atoms with Crippen molar-refractivity contribution in [2.45, 2.75) is 46.0 Å². The second kappa shape index (κ2) is 4.80. The van der Waals surface area contributed by atoms with E-state index in [1.165, 1.54) is 23.1 Å². The summed E-state index contributed by atoms with van der Waals surface area (Å²) in [7, 11) is 0. The van der Waals surface area contributed by atoms with Crippen LogP contribution in [0.2, 0.25) is 0 Å². The third-order valence-corrected chi connectivity index (χ3v) is 4.96. The van der Waals surface area contributed by atoms with Crippen molar-refractivity contribution in [2.24, 2.45) is 11.8 Å². The number of nitrogens with one attached hydrogen (secondary N) is 1. The molecule has 108 valence electrons. The van der Waals surface area contributed by atoms with Gasteiger partial charge in [0.2, 0.25) is 0 Å². The minimum atomic E-state index is -0.213. The Bertz CT molecular complexity index is 568. The predicted octanol–water partition coefficient (Wildman–Crippen LogP) is 3.99. The number of ether oxygens (including phenoxy) is 1. The Morgan fingerprint density at radius 3 is 2.90 bits per heavy atom. The van der Waals surface area contributed by atoms with Gasteiger partial charge in [-0.25, -0.2) is 4.79 Å². The van der Waals surface area contributed by atoms with Crippen molar-refractivity contribution in [1.29, 1.82) is 0 Å². The summed E-state index contributed by atoms with van der Waals surface area (Å²) < 4.78 is 5.19. The van der Waals surface area contributed by atoms with Gasteiger partial charge in [0.15, 0.2) is 0 Å². The van der Waals surface area contributed by atoms with Crippen LogP contribution in [-0.2, 0) is 4.74 Å². The van der Waals surface area contributed by atoms with Crippen molar-refractivity contribution >= 4 is 5.97 Å². The topological polar surface area (TPSA) is 42.1 Å². The number of allylic oxidation sites excluding steroid dienone is 2. The fourth-order valence-corrected chi connectivity index (χ4v) is 3.95. The Balaban J connectivity index is 2.06. The van der Waals surface area contributed by atoms with Gasteiger partial charge < -0.3 is 9.72 Å². The highest BCUT2D eigenvalue weighted by Crippen LogP contribution is 2.54. The molecule has 1 unspecified atom stereocenters. The van der Waals surface area contributed by atoms with E-state index in [9.17, 15) is 4.79 Å². The van der Waals surface area contributed by atoms with E-state index in [1.54, 1.807) is 0 Å². The van der Waals surface area contributed by atoms with Crippen molar-refractivity contribution in [2.75, 3.05) is 6.61 Å². The highest BCUT2D eigenvalue weighted by Gasteiger charge is 2.43. The van der Waals surface area contributed by atoms with Crippen molar-refractivity contribution < 1.29 is 9.53 Å². The number of aromatic nitrogens is 1. The van der Waals surface area contributed by atoms with Crippen molar-refractivity contribution in [3.05, 3.63) is 34.7 Å². The molecule has 3 atom stereocenters. The number of carbonyl (C=O) groups is 1. The quantitative estimate of drug-likeness (QED) is 0.668. The Morgan fingerprint density at radius 2 is 2.25 bits per heavy atom. The average Bonchev–Trinajstić information content (AvgIpc) is 2.84. The standard InChI is InChI=1S/C17H23NO2/c1-5-20-17(19)16-15-13-6-10(4)12(14(15)8-18-16)7-11(13)9(2)3/h6,8-9,11-13,18H,5,7H2,1-4H3/t11?,12-,13-/m0/s1. The van der Waals surface area contributed by atoms with E-state index in [0.29, 0.717) is 36.0 Å². The molecule has 0 spiro atoms. The van der Waals surface area contributed by atoms with Gasteiger partial charge in [-0.05, 0) is 43.2 Å². The highest BCUT2D eigenvalue weighted by molar-refractivity contribution is 5.90. The number of esters is 1. The number of rotatable bonds is 3. The molecule has 3 aliphatic rings. The van der Waals surface area contributed by atoms with Crippen molar-refractivity contribution in [3.63, 3.8) is 0 Å². The summed E-state index contributed by atoms with van der Waals surface area (Å²) in [5.74, 6) is 1.88. The zero-order valence-electron chi connectivity index (χ0n) is 12.7. The molecule has 0 amide bonds. The fourth-order valence-electron chi connectivity index (χ4n) is 3.95. The molecule has 1 heterocycles. The SMILES string of the molecule is CCOC(=O)c1[nH]cc2c1[C@H]1C=C(C)[C@@H]2CC1C(C)C. The first-order valence-corrected chi connectivity index (χ1v) is 7.61. The smallest absolute Gasteiger partial charge is 0.355 e. The van der Waals surface area contributed by atoms with Crippen LogP contribution in [0.1, 0.15) is 67.6 Å². The van der Waals surface area contributed by atoms with Gasteiger partial charge in [-0.1, -0.05) is 25.5 Å². The van der Waals surface area contributed by atoms with Gasteiger partial charge >= 0.3 is 5.97 Å². The molecule has 1 aromatic rings. The molecular formula is C17H23NO2. The lowest BCUT2D eigenvalue weighted by molar-refractivity contribution is 0.0517. The van der Waals surface area contributed by atoms with Gasteiger partial charge in [0.1, 0.15) is 5.69 Å². The van der Waals surface area contributed by atoms with Gasteiger partial charge in [0.05, 0.1) is 6.61 Å². The molecule has 0 aliphatic heterocycles. The average molecular weight is 273 g/mol. The Morgan fingerprint density at radius 1 is 1.50 bits per heavy atom. The van der Waals surface area contributed by atoms with Crippen LogP contribution in [0.5, 0.6) is 0 Å². The molecule has 3 heteroatoms. The molecule has 0 saturated heterocycles. The molecule has 1 aromatic heterocycles. The van der Waals surface area contributed by atoms with Gasteiger partial charge in [-0.3, -0.25) is 0 Å². The maximum Gasteiger partial charge on any atom is 0.355 e. The van der Waals surface area contributed by atoms with Crippen LogP contribution in [0.3, 0.4) is 0 Å². The molecule has 4 rings (SSSR count). The summed E-state index contributed by atoms with van der Waals surface area (Å²) in [5, 5.41) is 0. The first kappa shape index (κ1) is 13.5. The normalized spacial score (nSPS) is 27.4. The minimum absolute atomic E-state index is 0.213. The van der Waals surface area contributed by atoms with Gasteiger partial charge in [-0.15, -0.1) is 0 Å². The van der Waals surface area contributed by atoms with Crippen LogP contribution in [0.4, 0.5) is 0 Å². The molecule has 3 nitrogen and oxygen atoms in total. The Hall–Kier alpha value is -1.51. The third kappa shape index (κ3) is 1.83. The number of aromatic amines is 1. The van der Waals surface area contributed by atoms with Crippen LogP contribution in [0.25, 0.3) is 0 Å². The lowest BCUT2D eigenvalue weighted by Crippen LogP contribution is -2.31. The minimum Gasteiger partial charge on any atom is -0.461 e. The van der Waals surface area contributed by atoms with E-state index in [1.807, 2.05) is 13.1 Å². The first-order valence-electron chi connectivity index (χ1n) is 7.61. The van der Waals surface area contributed by atoms with Crippen LogP contribution < -0.4 is 0 Å². The van der Waals surface area contributed by atoms with Gasteiger partial charge in [-0.2, -0.15) is 0 Å². The first-order chi connectivity index (χ1) is 9.54. The van der Waals surface area contributed by atoms with E-state index in [-0.39, 0.29) is 5.97 Å². The second-order valence-corrected chi connectivity index (χ2v) is 6.39. The number of carbonyl (C=O) groups excluding carboxylic acids is 1. The van der Waals surface area contributed by atoms with E-state index >= 15 is 0 Å². The maximum absolute atomic E-state index is 12.1. The number of hydrogen-bond acceptors (Lipinski definition) is 2. The molecule has 0 aromatic carbocycles. The lowest BCUT2D eigenvalue weighted by Gasteiger charge is -2.43. The van der Waals surface area contributed by atoms with Crippen LogP contribution in [-0.4, -0.2) is 17.6 Å². The third-order valence-electron chi connectivity index (χ3n) is 4.96. The summed E-state index contributed by atoms with van der Waals surface area (Å²) >= 11 is 0. The van der Waals surface area contributed by atoms with Crippen LogP contribution >= 0.6 is 0 Å². The molecule has 20 heavy (non-hydrogen) atoms. The van der Waals surface area contributed by atoms with E-state index in [4.69, 9.17) is 4.74 Å². The second-order valence-electron chi connectivity index (χ2n) is 6.39. The zero-order chi connectivity index (χ0) is 14.4. The summed E-state index contributed by atoms with van der Waals surface area (Å²) in [5.41, 5.74) is 4.64. The van der Waals surface area contributed by atoms with Gasteiger partial charge in [0, 0.05) is 18.0 Å². The lowest BCUT2D eigenvalue weighted by atomic mass is 9.61. The van der Waals surface area contributed by atoms with Crippen molar-refractivity contribution in [3.8, 4) is 0 Å². The largest absolute Gasteiger partial charge is 0.461 e. The van der Waals surface area contributed by atoms with E-state index in [0.717, 1.165) is 0 Å². The fraction of sp³-hybridized carbons (Fsp3) is 0.588.